The van der Waals surface area contributed by atoms with E-state index in [2.05, 4.69) is 50.3 Å². The molecule has 3 N–H and O–H groups in total. The Hall–Kier alpha value is -2.98. The van der Waals surface area contributed by atoms with Crippen LogP contribution in [-0.2, 0) is 4.79 Å². The lowest BCUT2D eigenvalue weighted by molar-refractivity contribution is -0.385. The van der Waals surface area contributed by atoms with E-state index in [9.17, 15) is 19.7 Å². The molecule has 2 aromatic rings. The first-order valence-electron chi connectivity index (χ1n) is 10.4. The molecule has 0 atom stereocenters. The number of nitrogens with zero attached hydrogens (tertiary/aromatic N) is 2. The normalized spacial score (nSPS) is 14.1. The number of anilines is 1. The van der Waals surface area contributed by atoms with Crippen LogP contribution in [0.4, 0.5) is 11.4 Å². The first-order chi connectivity index (χ1) is 15.2. The van der Waals surface area contributed by atoms with Crippen LogP contribution in [0.2, 0.25) is 0 Å². The highest BCUT2D eigenvalue weighted by atomic mass is 79.9. The zero-order valence-electron chi connectivity index (χ0n) is 18.5. The van der Waals surface area contributed by atoms with Crippen molar-refractivity contribution in [2.24, 2.45) is 0 Å². The monoisotopic (exact) mass is 503 g/mol. The van der Waals surface area contributed by atoms with Crippen LogP contribution in [0, 0.1) is 24.0 Å². The largest absolute Gasteiger partial charge is 0.358 e. The molecule has 0 bridgehead atoms. The third-order valence-corrected chi connectivity index (χ3v) is 6.30. The van der Waals surface area contributed by atoms with Gasteiger partial charge in [0, 0.05) is 36.1 Å². The third kappa shape index (κ3) is 4.61. The van der Waals surface area contributed by atoms with Crippen LogP contribution in [0.5, 0.6) is 0 Å². The van der Waals surface area contributed by atoms with Crippen LogP contribution in [0.15, 0.2) is 16.6 Å². The number of aryl methyl sites for hydroxylation is 1. The molecule has 10 heteroatoms. The maximum absolute atomic E-state index is 12.8. The Balaban J connectivity index is 1.90. The number of carbonyl (C=O) groups excluding carboxylic acids is 2. The minimum absolute atomic E-state index is 0.126. The minimum atomic E-state index is -0.504. The van der Waals surface area contributed by atoms with Crippen molar-refractivity contribution in [1.82, 2.24) is 15.2 Å². The maximum atomic E-state index is 12.8. The summed E-state index contributed by atoms with van der Waals surface area (Å²) in [6, 6.07) is 2.89. The Bertz CT molecular complexity index is 1120. The smallest absolute Gasteiger partial charge is 0.284 e. The zero-order valence-corrected chi connectivity index (χ0v) is 20.1. The second-order valence-electron chi connectivity index (χ2n) is 7.56. The van der Waals surface area contributed by atoms with E-state index in [1.54, 1.807) is 13.0 Å². The molecule has 0 spiro atoms. The van der Waals surface area contributed by atoms with E-state index in [-0.39, 0.29) is 17.5 Å². The molecule has 2 heterocycles. The van der Waals surface area contributed by atoms with Crippen molar-refractivity contribution < 1.29 is 14.5 Å². The number of nitro benzene ring substituents is 1. The van der Waals surface area contributed by atoms with Crippen LogP contribution in [-0.4, -0.2) is 52.8 Å². The van der Waals surface area contributed by atoms with E-state index in [1.165, 1.54) is 12.1 Å². The van der Waals surface area contributed by atoms with Gasteiger partial charge in [0.15, 0.2) is 0 Å². The van der Waals surface area contributed by atoms with E-state index in [0.29, 0.717) is 50.4 Å². The third-order valence-electron chi connectivity index (χ3n) is 5.67. The number of H-pyrrole nitrogens is 1. The van der Waals surface area contributed by atoms with Gasteiger partial charge in [0.1, 0.15) is 0 Å². The van der Waals surface area contributed by atoms with Crippen LogP contribution in [0.3, 0.4) is 0 Å². The van der Waals surface area contributed by atoms with Crippen molar-refractivity contribution in [2.75, 3.05) is 31.5 Å². The Kier molecular flexibility index (Phi) is 7.15. The van der Waals surface area contributed by atoms with Crippen LogP contribution in [0.25, 0.3) is 11.6 Å². The molecule has 2 amide bonds. The Labute approximate surface area is 194 Å². The molecule has 1 aliphatic rings. The summed E-state index contributed by atoms with van der Waals surface area (Å²) < 4.78 is 0.290. The molecule has 1 aromatic carbocycles. The number of nitro groups is 1. The van der Waals surface area contributed by atoms with Gasteiger partial charge in [0.05, 0.1) is 26.2 Å². The molecule has 32 heavy (non-hydrogen) atoms. The number of fused-ring (bicyclic) bond motifs is 1. The summed E-state index contributed by atoms with van der Waals surface area (Å²) >= 11 is 3.17. The van der Waals surface area contributed by atoms with Gasteiger partial charge in [-0.2, -0.15) is 0 Å². The fraction of sp³-hybridized carbons (Fsp3) is 0.364. The number of carbonyl (C=O) groups is 2. The van der Waals surface area contributed by atoms with Gasteiger partial charge in [-0.25, -0.2) is 0 Å². The predicted octanol–water partition coefficient (Wildman–Crippen LogP) is 3.87. The average Bonchev–Trinajstić information content (AvgIpc) is 3.19. The molecule has 0 saturated heterocycles. The van der Waals surface area contributed by atoms with Gasteiger partial charge in [-0.05, 0) is 60.6 Å². The number of amides is 2. The van der Waals surface area contributed by atoms with E-state index in [0.717, 1.165) is 19.6 Å². The van der Waals surface area contributed by atoms with Crippen LogP contribution in [0.1, 0.15) is 46.7 Å². The van der Waals surface area contributed by atoms with Gasteiger partial charge in [0.2, 0.25) is 0 Å². The Morgan fingerprint density at radius 3 is 2.59 bits per heavy atom. The number of benzene rings is 1. The van der Waals surface area contributed by atoms with Gasteiger partial charge in [-0.15, -0.1) is 0 Å². The Morgan fingerprint density at radius 2 is 1.97 bits per heavy atom. The highest BCUT2D eigenvalue weighted by Gasteiger charge is 2.29. The number of hydrogen-bond donors (Lipinski definition) is 3. The number of rotatable bonds is 8. The zero-order chi connectivity index (χ0) is 23.6. The molecule has 170 valence electrons. The molecule has 3 rings (SSSR count). The fourth-order valence-electron chi connectivity index (χ4n) is 3.84. The predicted molar refractivity (Wildman–Crippen MR) is 128 cm³/mol. The molecule has 9 nitrogen and oxygen atoms in total. The van der Waals surface area contributed by atoms with Gasteiger partial charge in [0.25, 0.3) is 17.5 Å². The summed E-state index contributed by atoms with van der Waals surface area (Å²) in [5, 5.41) is 17.0. The number of aromatic nitrogens is 1. The fourth-order valence-corrected chi connectivity index (χ4v) is 4.33. The van der Waals surface area contributed by atoms with Crippen molar-refractivity contribution in [3.63, 3.8) is 0 Å². The first kappa shape index (κ1) is 23.7. The van der Waals surface area contributed by atoms with Gasteiger partial charge < -0.3 is 20.5 Å². The van der Waals surface area contributed by atoms with Crippen molar-refractivity contribution >= 4 is 50.8 Å². The molecular formula is C22H26BrN5O4. The summed E-state index contributed by atoms with van der Waals surface area (Å²) in [6.07, 6.45) is 1.63. The van der Waals surface area contributed by atoms with Gasteiger partial charge >= 0.3 is 0 Å². The highest BCUT2D eigenvalue weighted by Crippen LogP contribution is 2.40. The van der Waals surface area contributed by atoms with Gasteiger partial charge in [-0.3, -0.25) is 19.7 Å². The van der Waals surface area contributed by atoms with E-state index in [1.807, 2.05) is 6.92 Å². The van der Waals surface area contributed by atoms with Crippen LogP contribution >= 0.6 is 15.9 Å². The molecule has 0 unspecified atom stereocenters. The standard InChI is InChI=1S/C22H26BrN5O4/c1-5-27(6-2)8-7-24-22(30)20-12(3)17(25-13(20)4)9-15-14-10-19(28(31)32)16(23)11-18(14)26-21(15)29/h9-11,25H,5-8H2,1-4H3,(H,24,30)(H,26,29)/b15-9-. The number of aromatic amines is 1. The average molecular weight is 504 g/mol. The van der Waals surface area contributed by atoms with Crippen molar-refractivity contribution in [3.05, 3.63) is 54.8 Å². The first-order valence-corrected chi connectivity index (χ1v) is 11.2. The van der Waals surface area contributed by atoms with E-state index in [4.69, 9.17) is 0 Å². The molecule has 1 aliphatic heterocycles. The molecule has 0 radical (unpaired) electrons. The molecule has 0 saturated carbocycles. The summed E-state index contributed by atoms with van der Waals surface area (Å²) in [4.78, 5) is 41.5. The van der Waals surface area contributed by atoms with Crippen LogP contribution < -0.4 is 10.6 Å². The van der Waals surface area contributed by atoms with E-state index < -0.39 is 4.92 Å². The maximum Gasteiger partial charge on any atom is 0.284 e. The summed E-state index contributed by atoms with van der Waals surface area (Å²) in [7, 11) is 0. The highest BCUT2D eigenvalue weighted by molar-refractivity contribution is 9.10. The lowest BCUT2D eigenvalue weighted by Crippen LogP contribution is -2.35. The number of hydrogen-bond acceptors (Lipinski definition) is 5. The van der Waals surface area contributed by atoms with Crippen molar-refractivity contribution in [2.45, 2.75) is 27.7 Å². The number of likely N-dealkylation sites (N-methyl/N-ethyl adjacent to an activating group) is 1. The summed E-state index contributed by atoms with van der Waals surface area (Å²) in [6.45, 7) is 10.9. The summed E-state index contributed by atoms with van der Waals surface area (Å²) in [5.41, 5.74) is 3.66. The molecule has 0 fully saturated rings. The molecule has 1 aromatic heterocycles. The quantitative estimate of drug-likeness (QED) is 0.287. The van der Waals surface area contributed by atoms with Gasteiger partial charge in [-0.1, -0.05) is 13.8 Å². The molecular weight excluding hydrogens is 478 g/mol. The minimum Gasteiger partial charge on any atom is -0.358 e. The second kappa shape index (κ2) is 9.66. The second-order valence-corrected chi connectivity index (χ2v) is 8.42. The Morgan fingerprint density at radius 1 is 1.28 bits per heavy atom. The lowest BCUT2D eigenvalue weighted by Gasteiger charge is -2.18. The lowest BCUT2D eigenvalue weighted by atomic mass is 10.0. The number of halogens is 1. The SMILES string of the molecule is CCN(CC)CCNC(=O)c1c(C)[nH]c(/C=C2\C(=O)Nc3cc(Br)c([N+](=O)[O-])cc32)c1C. The van der Waals surface area contributed by atoms with Crippen molar-refractivity contribution in [1.29, 1.82) is 0 Å². The topological polar surface area (TPSA) is 120 Å². The van der Waals surface area contributed by atoms with E-state index >= 15 is 0 Å². The van der Waals surface area contributed by atoms with Crippen molar-refractivity contribution in [3.8, 4) is 0 Å². The molecule has 0 aliphatic carbocycles. The number of nitrogens with one attached hydrogen (secondary N) is 3. The summed E-state index contributed by atoms with van der Waals surface area (Å²) in [5.74, 6) is -0.534.